The molecule has 0 spiro atoms. The average Bonchev–Trinajstić information content (AvgIpc) is 3.56. The maximum Gasteiger partial charge on any atom is 0.337 e. The quantitative estimate of drug-likeness (QED) is 0.194. The second kappa shape index (κ2) is 11.9. The number of fused-ring (bicyclic) bond motifs is 2. The van der Waals surface area contributed by atoms with Gasteiger partial charge in [-0.15, -0.1) is 11.3 Å². The van der Waals surface area contributed by atoms with Crippen LogP contribution in [0.1, 0.15) is 69.4 Å². The lowest BCUT2D eigenvalue weighted by Gasteiger charge is -2.30. The summed E-state index contributed by atoms with van der Waals surface area (Å²) in [5.74, 6) is -0.591. The molecule has 0 bridgehead atoms. The number of piperidine rings is 1. The van der Waals surface area contributed by atoms with Crippen molar-refractivity contribution in [1.29, 1.82) is 0 Å². The van der Waals surface area contributed by atoms with Crippen LogP contribution in [0.15, 0.2) is 48.5 Å². The first kappa shape index (κ1) is 30.7. The molecule has 3 aromatic carbocycles. The Bertz CT molecular complexity index is 1850. The number of likely N-dealkylation sites (tertiary alicyclic amines) is 1. The minimum atomic E-state index is -1.15. The Morgan fingerprint density at radius 1 is 1.11 bits per heavy atom. The zero-order valence-corrected chi connectivity index (χ0v) is 27.7. The van der Waals surface area contributed by atoms with E-state index >= 15 is 0 Å². The molecule has 1 unspecified atom stereocenters. The number of hydrogen-bond donors (Lipinski definition) is 1. The van der Waals surface area contributed by atoms with E-state index in [1.807, 2.05) is 69.8 Å². The molecule has 0 saturated carbocycles. The van der Waals surface area contributed by atoms with Crippen LogP contribution in [-0.4, -0.2) is 56.0 Å². The molecule has 2 aromatic heterocycles. The molecule has 1 saturated heterocycles. The molecule has 1 fully saturated rings. The SMILES string of the molecule is CCN1CCC(c2nn(C)c3ccc(-c4nc5cc(C)c(C(OC(C)(C)C)C(=O)O)c(-c6ccc(Cl)cc6)c5s4)cc23)CC1. The molecule has 7 nitrogen and oxygen atoms in total. The molecule has 6 rings (SSSR count). The maximum atomic E-state index is 12.7. The predicted molar refractivity (Wildman–Crippen MR) is 180 cm³/mol. The summed E-state index contributed by atoms with van der Waals surface area (Å²) in [6.45, 7) is 13.1. The molecule has 0 aliphatic carbocycles. The molecule has 5 aromatic rings. The summed E-state index contributed by atoms with van der Waals surface area (Å²) in [7, 11) is 2.02. The van der Waals surface area contributed by atoms with Gasteiger partial charge in [-0.3, -0.25) is 4.68 Å². The third kappa shape index (κ3) is 5.88. The number of hydrogen-bond acceptors (Lipinski definition) is 6. The fourth-order valence-electron chi connectivity index (χ4n) is 6.41. The molecule has 1 atom stereocenters. The molecule has 44 heavy (non-hydrogen) atoms. The Morgan fingerprint density at radius 3 is 2.43 bits per heavy atom. The number of benzene rings is 3. The summed E-state index contributed by atoms with van der Waals surface area (Å²) in [4.78, 5) is 20.3. The number of carboxylic acid groups (broad SMARTS) is 1. The van der Waals surface area contributed by atoms with Gasteiger partial charge in [0.25, 0.3) is 0 Å². The van der Waals surface area contributed by atoms with E-state index in [0.717, 1.165) is 75.5 Å². The molecule has 1 N–H and O–H groups in total. The summed E-state index contributed by atoms with van der Waals surface area (Å²) < 4.78 is 9.09. The van der Waals surface area contributed by atoms with Crippen molar-refractivity contribution in [3.8, 4) is 21.7 Å². The number of ether oxygens (including phenoxy) is 1. The van der Waals surface area contributed by atoms with Crippen molar-refractivity contribution in [2.24, 2.45) is 7.05 Å². The van der Waals surface area contributed by atoms with Gasteiger partial charge in [0, 0.05) is 40.1 Å². The van der Waals surface area contributed by atoms with Crippen LogP contribution >= 0.6 is 22.9 Å². The highest BCUT2D eigenvalue weighted by Crippen LogP contribution is 2.45. The Morgan fingerprint density at radius 2 is 1.80 bits per heavy atom. The number of aliphatic carboxylic acids is 1. The molecular weight excluding hydrogens is 592 g/mol. The highest BCUT2D eigenvalue weighted by atomic mass is 35.5. The zero-order valence-electron chi connectivity index (χ0n) is 26.1. The number of carbonyl (C=O) groups is 1. The highest BCUT2D eigenvalue weighted by Gasteiger charge is 2.32. The molecule has 1 aliphatic rings. The first-order valence-electron chi connectivity index (χ1n) is 15.2. The average molecular weight is 631 g/mol. The van der Waals surface area contributed by atoms with E-state index in [1.165, 1.54) is 11.1 Å². The number of aryl methyl sites for hydroxylation is 2. The van der Waals surface area contributed by atoms with Gasteiger partial charge in [0.1, 0.15) is 5.01 Å². The normalized spacial score (nSPS) is 15.8. The van der Waals surface area contributed by atoms with Crippen molar-refractivity contribution in [3.05, 3.63) is 70.4 Å². The Hall–Kier alpha value is -3.30. The van der Waals surface area contributed by atoms with Gasteiger partial charge in [0.05, 0.1) is 27.0 Å². The minimum Gasteiger partial charge on any atom is -0.479 e. The molecule has 0 amide bonds. The van der Waals surface area contributed by atoms with Gasteiger partial charge in [-0.25, -0.2) is 9.78 Å². The molecule has 230 valence electrons. The van der Waals surface area contributed by atoms with Crippen LogP contribution in [0.2, 0.25) is 5.02 Å². The summed E-state index contributed by atoms with van der Waals surface area (Å²) in [5, 5.41) is 18.1. The van der Waals surface area contributed by atoms with E-state index in [9.17, 15) is 9.90 Å². The fourth-order valence-corrected chi connectivity index (χ4v) is 7.66. The first-order chi connectivity index (χ1) is 20.9. The number of rotatable bonds is 7. The number of aromatic nitrogens is 3. The molecule has 3 heterocycles. The van der Waals surface area contributed by atoms with Crippen molar-refractivity contribution in [3.63, 3.8) is 0 Å². The lowest BCUT2D eigenvalue weighted by atomic mass is 9.91. The molecule has 9 heteroatoms. The third-order valence-electron chi connectivity index (χ3n) is 8.57. The van der Waals surface area contributed by atoms with E-state index in [0.29, 0.717) is 16.5 Å². The number of nitrogens with zero attached hydrogens (tertiary/aromatic N) is 4. The van der Waals surface area contributed by atoms with Gasteiger partial charge in [-0.05, 0) is 108 Å². The second-order valence-electron chi connectivity index (χ2n) is 12.8. The van der Waals surface area contributed by atoms with Gasteiger partial charge in [-0.1, -0.05) is 30.7 Å². The standard InChI is InChI=1S/C35H39ClN4O3S/c1-7-40-16-14-22(15-17-40)30-25-19-23(10-13-27(25)39(6)38-30)33-37-26-18-20(2)28(31(34(41)42)43-35(3,4)5)29(32(26)44-33)21-8-11-24(36)12-9-21/h8-13,18-19,22,31H,7,14-17H2,1-6H3,(H,41,42). The van der Waals surface area contributed by atoms with Crippen LogP contribution < -0.4 is 0 Å². The van der Waals surface area contributed by atoms with E-state index in [2.05, 4.69) is 30.0 Å². The Kier molecular flexibility index (Phi) is 8.30. The maximum absolute atomic E-state index is 12.7. The zero-order chi connectivity index (χ0) is 31.3. The summed E-state index contributed by atoms with van der Waals surface area (Å²) in [5.41, 5.74) is 6.64. The summed E-state index contributed by atoms with van der Waals surface area (Å²) >= 11 is 7.85. The van der Waals surface area contributed by atoms with Gasteiger partial charge in [0.15, 0.2) is 6.10 Å². The Balaban J connectivity index is 1.51. The van der Waals surface area contributed by atoms with Crippen LogP contribution in [0, 0.1) is 6.92 Å². The molecule has 0 radical (unpaired) electrons. The third-order valence-corrected chi connectivity index (χ3v) is 9.96. The van der Waals surface area contributed by atoms with Gasteiger partial charge in [0.2, 0.25) is 0 Å². The van der Waals surface area contributed by atoms with Crippen LogP contribution in [0.25, 0.3) is 42.8 Å². The highest BCUT2D eigenvalue weighted by molar-refractivity contribution is 7.22. The first-order valence-corrected chi connectivity index (χ1v) is 16.4. The van der Waals surface area contributed by atoms with Crippen molar-refractivity contribution < 1.29 is 14.6 Å². The summed E-state index contributed by atoms with van der Waals surface area (Å²) in [6, 6.07) is 16.0. The topological polar surface area (TPSA) is 80.5 Å². The number of thiazole rings is 1. The van der Waals surface area contributed by atoms with Crippen LogP contribution in [-0.2, 0) is 16.6 Å². The predicted octanol–water partition coefficient (Wildman–Crippen LogP) is 8.62. The minimum absolute atomic E-state index is 0.435. The lowest BCUT2D eigenvalue weighted by Crippen LogP contribution is -2.32. The fraction of sp³-hybridized carbons (Fsp3) is 0.400. The van der Waals surface area contributed by atoms with Crippen LogP contribution in [0.4, 0.5) is 0 Å². The summed E-state index contributed by atoms with van der Waals surface area (Å²) in [6.07, 6.45) is 1.07. The van der Waals surface area contributed by atoms with Gasteiger partial charge in [-0.2, -0.15) is 5.10 Å². The van der Waals surface area contributed by atoms with Gasteiger partial charge < -0.3 is 14.7 Å². The van der Waals surface area contributed by atoms with E-state index in [-0.39, 0.29) is 0 Å². The molecule has 1 aliphatic heterocycles. The van der Waals surface area contributed by atoms with E-state index in [1.54, 1.807) is 11.3 Å². The van der Waals surface area contributed by atoms with E-state index < -0.39 is 17.7 Å². The lowest BCUT2D eigenvalue weighted by molar-refractivity contribution is -0.160. The van der Waals surface area contributed by atoms with E-state index in [4.69, 9.17) is 26.4 Å². The number of carboxylic acids is 1. The van der Waals surface area contributed by atoms with Crippen molar-refractivity contribution in [1.82, 2.24) is 19.7 Å². The largest absolute Gasteiger partial charge is 0.479 e. The van der Waals surface area contributed by atoms with Crippen molar-refractivity contribution >= 4 is 50.0 Å². The second-order valence-corrected chi connectivity index (χ2v) is 14.2. The Labute approximate surface area is 267 Å². The molecular formula is C35H39ClN4O3S. The number of halogens is 1. The smallest absolute Gasteiger partial charge is 0.337 e. The van der Waals surface area contributed by atoms with Crippen molar-refractivity contribution in [2.45, 2.75) is 65.1 Å². The van der Waals surface area contributed by atoms with Crippen LogP contribution in [0.3, 0.4) is 0 Å². The van der Waals surface area contributed by atoms with Crippen LogP contribution in [0.5, 0.6) is 0 Å². The van der Waals surface area contributed by atoms with Crippen molar-refractivity contribution in [2.75, 3.05) is 19.6 Å². The van der Waals surface area contributed by atoms with Gasteiger partial charge >= 0.3 is 5.97 Å². The monoisotopic (exact) mass is 630 g/mol.